The van der Waals surface area contributed by atoms with Gasteiger partial charge in [-0.25, -0.2) is 0 Å². The van der Waals surface area contributed by atoms with E-state index in [1.165, 1.54) is 6.42 Å². The molecule has 5 fully saturated rings. The molecule has 1 N–H and O–H groups in total. The molecule has 1 aliphatic heterocycles. The molecule has 0 aromatic heterocycles. The molecule has 0 amide bonds. The van der Waals surface area contributed by atoms with Gasteiger partial charge in [0, 0.05) is 22.7 Å². The largest absolute Gasteiger partial charge is 0.457 e. The Labute approximate surface area is 231 Å². The molecule has 5 aliphatic carbocycles. The van der Waals surface area contributed by atoms with E-state index < -0.39 is 35.5 Å². The average Bonchev–Trinajstić information content (AvgIpc) is 3.41. The molecule has 4 saturated carbocycles. The smallest absolute Gasteiger partial charge is 0.308 e. The van der Waals surface area contributed by atoms with Crippen LogP contribution >= 0.6 is 0 Å². The second kappa shape index (κ2) is 9.63. The third kappa shape index (κ3) is 3.97. The summed E-state index contributed by atoms with van der Waals surface area (Å²) < 4.78 is 19.0. The summed E-state index contributed by atoms with van der Waals surface area (Å²) in [6, 6.07) is 0. The van der Waals surface area contributed by atoms with E-state index in [2.05, 4.69) is 13.8 Å². The number of Topliss-reactive ketones (excluding diaryl/α,β-unsaturated/α-hetero) is 1. The van der Waals surface area contributed by atoms with Gasteiger partial charge in [0.1, 0.15) is 0 Å². The summed E-state index contributed by atoms with van der Waals surface area (Å²) in [6.45, 7) is 7.44. The van der Waals surface area contributed by atoms with E-state index in [-0.39, 0.29) is 53.2 Å². The van der Waals surface area contributed by atoms with Crippen molar-refractivity contribution in [2.75, 3.05) is 6.61 Å². The molecular formula is C32H44O7. The van der Waals surface area contributed by atoms with Gasteiger partial charge in [0.2, 0.25) is 5.78 Å². The maximum absolute atomic E-state index is 14.2. The Morgan fingerprint density at radius 2 is 1.90 bits per heavy atom. The topological polar surface area (TPSA) is 99.1 Å². The highest BCUT2D eigenvalue weighted by atomic mass is 16.7. The van der Waals surface area contributed by atoms with Crippen molar-refractivity contribution in [2.45, 2.75) is 110 Å². The molecule has 6 rings (SSSR count). The van der Waals surface area contributed by atoms with Gasteiger partial charge in [-0.1, -0.05) is 58.6 Å². The zero-order valence-electron chi connectivity index (χ0n) is 23.8. The second-order valence-corrected chi connectivity index (χ2v) is 13.9. The van der Waals surface area contributed by atoms with Crippen LogP contribution in [0.1, 0.15) is 85.5 Å². The zero-order valence-corrected chi connectivity index (χ0v) is 23.8. The van der Waals surface area contributed by atoms with E-state index in [1.807, 2.05) is 6.08 Å². The lowest BCUT2D eigenvalue weighted by Crippen LogP contribution is -2.63. The molecule has 2 unspecified atom stereocenters. The van der Waals surface area contributed by atoms with Gasteiger partial charge in [0.05, 0.1) is 18.1 Å². The average molecular weight is 541 g/mol. The zero-order chi connectivity index (χ0) is 27.7. The molecule has 7 heteroatoms. The maximum atomic E-state index is 14.2. The quantitative estimate of drug-likeness (QED) is 0.505. The standard InChI is InChI=1S/C32H44O7/c1-18(2)28(36)37-17-25(35)32-26(38-29(39-32)19-8-6-5-7-9-19)15-23-22-11-10-20-14-21(33)12-13-30(20,3)27(22)24(34)16-31(23,32)4/h12-14,18-19,22-24,26-27,29,34H,5-11,15-17H2,1-4H3/t22-,23-,24?,26+,27?,29+,30-,31-,32+/m0/s1. The first kappa shape index (κ1) is 27.3. The molecule has 214 valence electrons. The Bertz CT molecular complexity index is 1100. The number of ketones is 2. The molecule has 6 aliphatic rings. The molecule has 0 aromatic rings. The van der Waals surface area contributed by atoms with E-state index in [0.717, 1.165) is 44.1 Å². The van der Waals surface area contributed by atoms with Gasteiger partial charge in [-0.2, -0.15) is 0 Å². The molecule has 9 atom stereocenters. The first-order chi connectivity index (χ1) is 18.5. The van der Waals surface area contributed by atoms with Crippen molar-refractivity contribution >= 4 is 17.5 Å². The number of esters is 1. The first-order valence-corrected chi connectivity index (χ1v) is 15.2. The highest BCUT2D eigenvalue weighted by Crippen LogP contribution is 2.70. The summed E-state index contributed by atoms with van der Waals surface area (Å²) >= 11 is 0. The molecular weight excluding hydrogens is 496 g/mol. The van der Waals surface area contributed by atoms with Crippen LogP contribution in [-0.2, 0) is 28.6 Å². The van der Waals surface area contributed by atoms with Crippen LogP contribution in [0.5, 0.6) is 0 Å². The summed E-state index contributed by atoms with van der Waals surface area (Å²) in [5.41, 5.74) is -1.19. The van der Waals surface area contributed by atoms with Crippen molar-refractivity contribution in [1.82, 2.24) is 0 Å². The van der Waals surface area contributed by atoms with Crippen LogP contribution in [0.3, 0.4) is 0 Å². The van der Waals surface area contributed by atoms with Gasteiger partial charge < -0.3 is 19.3 Å². The molecule has 0 radical (unpaired) electrons. The first-order valence-electron chi connectivity index (χ1n) is 15.2. The SMILES string of the molecule is CC(C)C(=O)OCC(=O)[C@@]12O[C@H](C3CCCCC3)O[C@@H]1C[C@H]1[C@@H]3CCC4=CC(=O)C=C[C@]4(C)C3C(O)C[C@@]12C. The summed E-state index contributed by atoms with van der Waals surface area (Å²) in [5, 5.41) is 11.9. The summed E-state index contributed by atoms with van der Waals surface area (Å²) in [6.07, 6.45) is 12.2. The van der Waals surface area contributed by atoms with Gasteiger partial charge in [-0.15, -0.1) is 0 Å². The number of carbonyl (C=O) groups is 3. The van der Waals surface area contributed by atoms with Crippen molar-refractivity contribution in [3.05, 3.63) is 23.8 Å². The number of allylic oxidation sites excluding steroid dienone is 4. The molecule has 39 heavy (non-hydrogen) atoms. The Hall–Kier alpha value is -1.83. The number of hydrogen-bond acceptors (Lipinski definition) is 7. The predicted octanol–water partition coefficient (Wildman–Crippen LogP) is 4.70. The number of carbonyl (C=O) groups excluding carboxylic acids is 3. The van der Waals surface area contributed by atoms with Crippen LogP contribution in [0.2, 0.25) is 0 Å². The molecule has 0 spiro atoms. The number of aliphatic hydroxyl groups is 1. The fourth-order valence-corrected chi connectivity index (χ4v) is 9.62. The van der Waals surface area contributed by atoms with Crippen LogP contribution in [0.15, 0.2) is 23.8 Å². The van der Waals surface area contributed by atoms with Crippen molar-refractivity contribution in [3.63, 3.8) is 0 Å². The normalized spacial score (nSPS) is 45.3. The number of fused-ring (bicyclic) bond motifs is 7. The summed E-state index contributed by atoms with van der Waals surface area (Å²) in [5.74, 6) is -0.471. The van der Waals surface area contributed by atoms with Gasteiger partial charge in [0.25, 0.3) is 0 Å². The lowest BCUT2D eigenvalue weighted by atomic mass is 9.46. The minimum absolute atomic E-state index is 0.0162. The highest BCUT2D eigenvalue weighted by Gasteiger charge is 2.76. The Morgan fingerprint density at radius 1 is 1.15 bits per heavy atom. The van der Waals surface area contributed by atoms with Crippen LogP contribution in [0, 0.1) is 40.4 Å². The van der Waals surface area contributed by atoms with Crippen molar-refractivity contribution < 1.29 is 33.7 Å². The van der Waals surface area contributed by atoms with Gasteiger partial charge in [-0.05, 0) is 62.5 Å². The summed E-state index contributed by atoms with van der Waals surface area (Å²) in [4.78, 5) is 38.7. The Morgan fingerprint density at radius 3 is 2.62 bits per heavy atom. The third-order valence-electron chi connectivity index (χ3n) is 11.5. The van der Waals surface area contributed by atoms with E-state index >= 15 is 0 Å². The molecule has 7 nitrogen and oxygen atoms in total. The number of ether oxygens (including phenoxy) is 3. The van der Waals surface area contributed by atoms with Crippen LogP contribution < -0.4 is 0 Å². The van der Waals surface area contributed by atoms with Gasteiger partial charge >= 0.3 is 5.97 Å². The van der Waals surface area contributed by atoms with Crippen molar-refractivity contribution in [1.29, 1.82) is 0 Å². The van der Waals surface area contributed by atoms with Crippen LogP contribution in [0.4, 0.5) is 0 Å². The predicted molar refractivity (Wildman–Crippen MR) is 143 cm³/mol. The van der Waals surface area contributed by atoms with E-state index in [1.54, 1.807) is 26.0 Å². The third-order valence-corrected chi connectivity index (χ3v) is 11.5. The van der Waals surface area contributed by atoms with Gasteiger partial charge in [-0.3, -0.25) is 14.4 Å². The number of hydrogen-bond donors (Lipinski definition) is 1. The summed E-state index contributed by atoms with van der Waals surface area (Å²) in [7, 11) is 0. The molecule has 0 bridgehead atoms. The highest BCUT2D eigenvalue weighted by molar-refractivity contribution is 6.01. The second-order valence-electron chi connectivity index (χ2n) is 13.9. The van der Waals surface area contributed by atoms with Crippen molar-refractivity contribution in [2.24, 2.45) is 40.4 Å². The van der Waals surface area contributed by atoms with Gasteiger partial charge in [0.15, 0.2) is 24.3 Å². The molecule has 1 saturated heterocycles. The van der Waals surface area contributed by atoms with Crippen LogP contribution in [0.25, 0.3) is 0 Å². The maximum Gasteiger partial charge on any atom is 0.308 e. The number of aliphatic hydroxyl groups excluding tert-OH is 1. The molecule has 0 aromatic carbocycles. The molecule has 1 heterocycles. The fourth-order valence-electron chi connectivity index (χ4n) is 9.62. The monoisotopic (exact) mass is 540 g/mol. The van der Waals surface area contributed by atoms with E-state index in [4.69, 9.17) is 14.2 Å². The lowest BCUT2D eigenvalue weighted by molar-refractivity contribution is -0.210. The lowest BCUT2D eigenvalue weighted by Gasteiger charge is -2.59. The van der Waals surface area contributed by atoms with Crippen LogP contribution in [-0.4, -0.2) is 53.3 Å². The Balaban J connectivity index is 1.35. The van der Waals surface area contributed by atoms with E-state index in [0.29, 0.717) is 12.8 Å². The van der Waals surface area contributed by atoms with Crippen molar-refractivity contribution in [3.8, 4) is 0 Å². The van der Waals surface area contributed by atoms with E-state index in [9.17, 15) is 19.5 Å². The number of rotatable bonds is 5. The fraction of sp³-hybridized carbons (Fsp3) is 0.781. The minimum atomic E-state index is -1.25. The Kier molecular flexibility index (Phi) is 6.75. The minimum Gasteiger partial charge on any atom is -0.457 e.